The first kappa shape index (κ1) is 12.1. The van der Waals surface area contributed by atoms with Gasteiger partial charge in [-0.1, -0.05) is 11.6 Å². The molecule has 0 amide bonds. The van der Waals surface area contributed by atoms with E-state index in [9.17, 15) is 0 Å². The van der Waals surface area contributed by atoms with Gasteiger partial charge in [-0.15, -0.1) is 0 Å². The summed E-state index contributed by atoms with van der Waals surface area (Å²) in [4.78, 5) is 2.58. The summed E-state index contributed by atoms with van der Waals surface area (Å²) in [5.74, 6) is 0. The molecule has 0 aromatic rings. The van der Waals surface area contributed by atoms with E-state index in [-0.39, 0.29) is 0 Å². The van der Waals surface area contributed by atoms with Crippen LogP contribution in [0.3, 0.4) is 0 Å². The fourth-order valence-electron chi connectivity index (χ4n) is 2.75. The van der Waals surface area contributed by atoms with Crippen LogP contribution in [0.5, 0.6) is 0 Å². The third-order valence-corrected chi connectivity index (χ3v) is 3.81. The second kappa shape index (κ2) is 7.08. The van der Waals surface area contributed by atoms with Crippen LogP contribution in [0.4, 0.5) is 0 Å². The Hall–Kier alpha value is -0.340. The highest BCUT2D eigenvalue weighted by atomic mass is 15.1. The van der Waals surface area contributed by atoms with Gasteiger partial charge in [0.25, 0.3) is 0 Å². The van der Waals surface area contributed by atoms with Crippen LogP contribution < -0.4 is 5.32 Å². The number of nitrogens with zero attached hydrogens (tertiary/aromatic N) is 1. The lowest BCUT2D eigenvalue weighted by Crippen LogP contribution is -2.30. The molecule has 0 bridgehead atoms. The van der Waals surface area contributed by atoms with E-state index in [4.69, 9.17) is 0 Å². The molecule has 0 spiro atoms. The van der Waals surface area contributed by atoms with Gasteiger partial charge < -0.3 is 10.2 Å². The summed E-state index contributed by atoms with van der Waals surface area (Å²) in [6, 6.07) is 0. The van der Waals surface area contributed by atoms with Crippen LogP contribution >= 0.6 is 0 Å². The van der Waals surface area contributed by atoms with Crippen molar-refractivity contribution in [2.75, 3.05) is 32.7 Å². The van der Waals surface area contributed by atoms with Crippen molar-refractivity contribution < 1.29 is 0 Å². The maximum absolute atomic E-state index is 3.58. The van der Waals surface area contributed by atoms with Crippen molar-refractivity contribution >= 4 is 0 Å². The Kier molecular flexibility index (Phi) is 5.36. The summed E-state index contributed by atoms with van der Waals surface area (Å²) in [6.07, 6.45) is 12.1. The normalized spacial score (nSPS) is 22.4. The smallest absolute Gasteiger partial charge is 0.0107 e. The summed E-state index contributed by atoms with van der Waals surface area (Å²) in [5, 5.41) is 3.58. The lowest BCUT2D eigenvalue weighted by molar-refractivity contribution is 0.336. The Balaban J connectivity index is 1.46. The molecule has 1 N–H and O–H groups in total. The molecule has 1 aliphatic carbocycles. The molecular weight excluding hydrogens is 196 g/mol. The molecule has 0 unspecified atom stereocenters. The lowest BCUT2D eigenvalue weighted by Gasteiger charge is -2.16. The van der Waals surface area contributed by atoms with E-state index in [1.165, 1.54) is 77.7 Å². The van der Waals surface area contributed by atoms with Gasteiger partial charge in [-0.05, 0) is 64.6 Å². The van der Waals surface area contributed by atoms with Gasteiger partial charge in [0.2, 0.25) is 0 Å². The maximum atomic E-state index is 3.58. The van der Waals surface area contributed by atoms with Crippen molar-refractivity contribution in [3.63, 3.8) is 0 Å². The molecule has 0 radical (unpaired) electrons. The number of hydrogen-bond donors (Lipinski definition) is 1. The molecule has 16 heavy (non-hydrogen) atoms. The summed E-state index contributed by atoms with van der Waals surface area (Å²) >= 11 is 0. The molecule has 2 aliphatic rings. The molecule has 0 aromatic heterocycles. The molecule has 1 fully saturated rings. The van der Waals surface area contributed by atoms with E-state index < -0.39 is 0 Å². The van der Waals surface area contributed by atoms with Crippen LogP contribution in [-0.4, -0.2) is 37.6 Å². The highest BCUT2D eigenvalue weighted by Crippen LogP contribution is 2.19. The molecular formula is C14H26N2. The molecule has 2 rings (SSSR count). The second-order valence-corrected chi connectivity index (χ2v) is 5.16. The van der Waals surface area contributed by atoms with E-state index in [0.29, 0.717) is 0 Å². The minimum atomic E-state index is 1.17. The van der Waals surface area contributed by atoms with Crippen molar-refractivity contribution in [1.82, 2.24) is 10.2 Å². The fourth-order valence-corrected chi connectivity index (χ4v) is 2.75. The van der Waals surface area contributed by atoms with Crippen molar-refractivity contribution in [1.29, 1.82) is 0 Å². The zero-order chi connectivity index (χ0) is 11.1. The Morgan fingerprint density at radius 1 is 1.06 bits per heavy atom. The van der Waals surface area contributed by atoms with Crippen molar-refractivity contribution in [2.24, 2.45) is 0 Å². The summed E-state index contributed by atoms with van der Waals surface area (Å²) < 4.78 is 0. The number of nitrogens with one attached hydrogen (secondary N) is 1. The quantitative estimate of drug-likeness (QED) is 0.549. The van der Waals surface area contributed by atoms with Gasteiger partial charge in [-0.25, -0.2) is 0 Å². The zero-order valence-electron chi connectivity index (χ0n) is 10.5. The van der Waals surface area contributed by atoms with Crippen LogP contribution in [0.15, 0.2) is 11.6 Å². The summed E-state index contributed by atoms with van der Waals surface area (Å²) in [5.41, 5.74) is 1.69. The van der Waals surface area contributed by atoms with Crippen LogP contribution in [0, 0.1) is 0 Å². The average Bonchev–Trinajstić information content (AvgIpc) is 2.83. The third kappa shape index (κ3) is 4.26. The molecule has 1 heterocycles. The Morgan fingerprint density at radius 3 is 2.69 bits per heavy atom. The summed E-state index contributed by atoms with van der Waals surface area (Å²) in [6.45, 7) is 6.26. The van der Waals surface area contributed by atoms with Crippen LogP contribution in [0.2, 0.25) is 0 Å². The number of hydrogen-bond acceptors (Lipinski definition) is 2. The van der Waals surface area contributed by atoms with Crippen LogP contribution in [-0.2, 0) is 0 Å². The van der Waals surface area contributed by atoms with Crippen molar-refractivity contribution in [3.8, 4) is 0 Å². The van der Waals surface area contributed by atoms with Crippen molar-refractivity contribution in [3.05, 3.63) is 11.6 Å². The Labute approximate surface area is 100 Å². The molecule has 0 saturated carbocycles. The second-order valence-electron chi connectivity index (χ2n) is 5.16. The number of rotatable bonds is 6. The highest BCUT2D eigenvalue weighted by molar-refractivity contribution is 5.05. The van der Waals surface area contributed by atoms with E-state index >= 15 is 0 Å². The van der Waals surface area contributed by atoms with Gasteiger partial charge >= 0.3 is 0 Å². The standard InChI is InChI=1S/C14H26N2/c1-2-6-14(7-3-1)8-9-15-10-13-16-11-4-5-12-16/h6,15H,1-5,7-13H2. The molecule has 2 heteroatoms. The van der Waals surface area contributed by atoms with Gasteiger partial charge in [0.15, 0.2) is 0 Å². The predicted molar refractivity (Wildman–Crippen MR) is 69.7 cm³/mol. The maximum Gasteiger partial charge on any atom is 0.0107 e. The van der Waals surface area contributed by atoms with Crippen molar-refractivity contribution in [2.45, 2.75) is 44.9 Å². The van der Waals surface area contributed by atoms with Gasteiger partial charge in [0, 0.05) is 13.1 Å². The topological polar surface area (TPSA) is 15.3 Å². The first-order valence-corrected chi connectivity index (χ1v) is 7.06. The van der Waals surface area contributed by atoms with E-state index in [1.54, 1.807) is 5.57 Å². The van der Waals surface area contributed by atoms with Crippen LogP contribution in [0.1, 0.15) is 44.9 Å². The largest absolute Gasteiger partial charge is 0.315 e. The summed E-state index contributed by atoms with van der Waals surface area (Å²) in [7, 11) is 0. The minimum absolute atomic E-state index is 1.17. The molecule has 0 atom stereocenters. The van der Waals surface area contributed by atoms with E-state index in [2.05, 4.69) is 16.3 Å². The monoisotopic (exact) mass is 222 g/mol. The van der Waals surface area contributed by atoms with Gasteiger partial charge in [0.05, 0.1) is 0 Å². The van der Waals surface area contributed by atoms with Gasteiger partial charge in [-0.2, -0.15) is 0 Å². The SMILES string of the molecule is C1=C(CCNCCN2CCCC2)CCCC1. The highest BCUT2D eigenvalue weighted by Gasteiger charge is 2.10. The molecule has 0 aromatic carbocycles. The minimum Gasteiger partial charge on any atom is -0.315 e. The fraction of sp³-hybridized carbons (Fsp3) is 0.857. The number of likely N-dealkylation sites (tertiary alicyclic amines) is 1. The van der Waals surface area contributed by atoms with Gasteiger partial charge in [0.1, 0.15) is 0 Å². The third-order valence-electron chi connectivity index (χ3n) is 3.81. The first-order chi connectivity index (χ1) is 7.95. The van der Waals surface area contributed by atoms with E-state index in [1.807, 2.05) is 0 Å². The molecule has 1 saturated heterocycles. The van der Waals surface area contributed by atoms with E-state index in [0.717, 1.165) is 0 Å². The average molecular weight is 222 g/mol. The molecule has 92 valence electrons. The Bertz CT molecular complexity index is 217. The molecule has 2 nitrogen and oxygen atoms in total. The predicted octanol–water partition coefficient (Wildman–Crippen LogP) is 2.56. The number of allylic oxidation sites excluding steroid dienone is 1. The van der Waals surface area contributed by atoms with Crippen LogP contribution in [0.25, 0.3) is 0 Å². The van der Waals surface area contributed by atoms with Gasteiger partial charge in [-0.3, -0.25) is 0 Å². The zero-order valence-corrected chi connectivity index (χ0v) is 10.5. The molecule has 1 aliphatic heterocycles. The lowest BCUT2D eigenvalue weighted by atomic mass is 9.97. The Morgan fingerprint density at radius 2 is 1.94 bits per heavy atom. The first-order valence-electron chi connectivity index (χ1n) is 7.06.